The third-order valence-electron chi connectivity index (χ3n) is 4.50. The van der Waals surface area contributed by atoms with E-state index in [2.05, 4.69) is 26.9 Å². The Hall–Kier alpha value is -2.44. The Labute approximate surface area is 134 Å². The van der Waals surface area contributed by atoms with Gasteiger partial charge in [-0.1, -0.05) is 12.1 Å². The number of nitrogens with one attached hydrogen (secondary N) is 1. The Morgan fingerprint density at radius 1 is 1.26 bits per heavy atom. The van der Waals surface area contributed by atoms with E-state index in [1.807, 2.05) is 29.9 Å². The van der Waals surface area contributed by atoms with E-state index in [0.29, 0.717) is 12.5 Å². The molecule has 23 heavy (non-hydrogen) atoms. The van der Waals surface area contributed by atoms with Gasteiger partial charge in [-0.05, 0) is 41.8 Å². The van der Waals surface area contributed by atoms with Crippen LogP contribution in [0.15, 0.2) is 24.3 Å². The minimum Gasteiger partial charge on any atom is -0.380 e. The maximum atomic E-state index is 11.6. The van der Waals surface area contributed by atoms with Gasteiger partial charge in [0.05, 0.1) is 6.04 Å². The molecule has 1 aromatic carbocycles. The molecule has 1 amide bonds. The highest BCUT2D eigenvalue weighted by atomic mass is 16.2. The first-order valence-corrected chi connectivity index (χ1v) is 8.09. The Bertz CT molecular complexity index is 723. The Kier molecular flexibility index (Phi) is 3.48. The van der Waals surface area contributed by atoms with Crippen LogP contribution in [0.5, 0.6) is 0 Å². The molecule has 0 bridgehead atoms. The number of benzene rings is 1. The van der Waals surface area contributed by atoms with Crippen LogP contribution in [0.1, 0.15) is 31.7 Å². The number of likely N-dealkylation sites (tertiary alicyclic amines) is 1. The molecule has 1 unspecified atom stereocenters. The normalized spacial score (nSPS) is 21.5. The fraction of sp³-hybridized carbons (Fsp3) is 0.500. The van der Waals surface area contributed by atoms with Crippen LogP contribution in [0.25, 0.3) is 11.4 Å². The number of aromatic nitrogens is 4. The van der Waals surface area contributed by atoms with E-state index in [1.165, 1.54) is 0 Å². The van der Waals surface area contributed by atoms with Crippen LogP contribution in [0.3, 0.4) is 0 Å². The first-order chi connectivity index (χ1) is 11.2. The van der Waals surface area contributed by atoms with E-state index in [9.17, 15) is 4.79 Å². The summed E-state index contributed by atoms with van der Waals surface area (Å²) in [5.74, 6) is 1.05. The second-order valence-electron chi connectivity index (χ2n) is 6.41. The number of rotatable bonds is 4. The van der Waals surface area contributed by atoms with Crippen LogP contribution in [-0.2, 0) is 4.79 Å². The zero-order valence-electron chi connectivity index (χ0n) is 13.1. The smallest absolute Gasteiger partial charge is 0.222 e. The fourth-order valence-electron chi connectivity index (χ4n) is 3.06. The van der Waals surface area contributed by atoms with Crippen molar-refractivity contribution in [3.63, 3.8) is 0 Å². The molecule has 1 aliphatic carbocycles. The summed E-state index contributed by atoms with van der Waals surface area (Å²) in [6.45, 7) is 0.739. The third kappa shape index (κ3) is 2.91. The second kappa shape index (κ2) is 5.64. The molecule has 1 atom stereocenters. The summed E-state index contributed by atoms with van der Waals surface area (Å²) in [6.07, 6.45) is 3.78. The van der Waals surface area contributed by atoms with Gasteiger partial charge in [-0.15, -0.1) is 5.10 Å². The fourth-order valence-corrected chi connectivity index (χ4v) is 3.06. The van der Waals surface area contributed by atoms with Gasteiger partial charge in [-0.2, -0.15) is 0 Å². The summed E-state index contributed by atoms with van der Waals surface area (Å²) in [7, 11) is 1.86. The molecule has 0 radical (unpaired) electrons. The van der Waals surface area contributed by atoms with Crippen LogP contribution in [0, 0.1) is 0 Å². The van der Waals surface area contributed by atoms with E-state index < -0.39 is 0 Å². The molecule has 1 saturated carbocycles. The van der Waals surface area contributed by atoms with Gasteiger partial charge in [0.1, 0.15) is 0 Å². The predicted octanol–water partition coefficient (Wildman–Crippen LogP) is 1.71. The molecular formula is C16H20N6O. The lowest BCUT2D eigenvalue weighted by atomic mass is 10.0. The molecule has 1 aliphatic heterocycles. The molecule has 7 heteroatoms. The number of hydrogen-bond donors (Lipinski definition) is 1. The SMILES string of the molecule is CN1CC(Nc2cccc(-c3nnnn3C3CC3)c2)CCC1=O. The molecule has 2 aliphatic rings. The van der Waals surface area contributed by atoms with Gasteiger partial charge in [-0.25, -0.2) is 4.68 Å². The topological polar surface area (TPSA) is 75.9 Å². The monoisotopic (exact) mass is 312 g/mol. The maximum absolute atomic E-state index is 11.6. The third-order valence-corrected chi connectivity index (χ3v) is 4.50. The summed E-state index contributed by atoms with van der Waals surface area (Å²) >= 11 is 0. The van der Waals surface area contributed by atoms with Gasteiger partial charge >= 0.3 is 0 Å². The highest BCUT2D eigenvalue weighted by Crippen LogP contribution is 2.36. The number of nitrogens with zero attached hydrogens (tertiary/aromatic N) is 5. The van der Waals surface area contributed by atoms with E-state index >= 15 is 0 Å². The molecule has 4 rings (SSSR count). The Morgan fingerprint density at radius 3 is 2.91 bits per heavy atom. The number of likely N-dealkylation sites (N-methyl/N-ethyl adjacent to an activating group) is 1. The zero-order valence-corrected chi connectivity index (χ0v) is 13.1. The summed E-state index contributed by atoms with van der Waals surface area (Å²) in [4.78, 5) is 13.4. The Morgan fingerprint density at radius 2 is 2.13 bits per heavy atom. The van der Waals surface area contributed by atoms with Crippen LogP contribution < -0.4 is 5.32 Å². The molecule has 0 spiro atoms. The van der Waals surface area contributed by atoms with Crippen LogP contribution >= 0.6 is 0 Å². The van der Waals surface area contributed by atoms with Crippen molar-refractivity contribution in [1.29, 1.82) is 0 Å². The van der Waals surface area contributed by atoms with Crippen molar-refractivity contribution < 1.29 is 4.79 Å². The lowest BCUT2D eigenvalue weighted by Crippen LogP contribution is -2.43. The molecule has 2 fully saturated rings. The number of tetrazole rings is 1. The van der Waals surface area contributed by atoms with Crippen LogP contribution in [0.4, 0.5) is 5.69 Å². The van der Waals surface area contributed by atoms with E-state index in [4.69, 9.17) is 0 Å². The molecular weight excluding hydrogens is 292 g/mol. The number of hydrogen-bond acceptors (Lipinski definition) is 5. The van der Waals surface area contributed by atoms with Crippen LogP contribution in [0.2, 0.25) is 0 Å². The van der Waals surface area contributed by atoms with Gasteiger partial charge in [0.2, 0.25) is 5.91 Å². The molecule has 1 saturated heterocycles. The number of carbonyl (C=O) groups excluding carboxylic acids is 1. The van der Waals surface area contributed by atoms with Crippen molar-refractivity contribution in [2.45, 2.75) is 37.8 Å². The number of piperidine rings is 1. The van der Waals surface area contributed by atoms with Crippen molar-refractivity contribution in [2.75, 3.05) is 18.9 Å². The Balaban J connectivity index is 1.52. The first-order valence-electron chi connectivity index (χ1n) is 8.09. The summed E-state index contributed by atoms with van der Waals surface area (Å²) in [5.41, 5.74) is 2.06. The maximum Gasteiger partial charge on any atom is 0.222 e. The molecule has 1 aromatic heterocycles. The van der Waals surface area contributed by atoms with Crippen molar-refractivity contribution in [2.24, 2.45) is 0 Å². The van der Waals surface area contributed by atoms with Crippen molar-refractivity contribution >= 4 is 11.6 Å². The average Bonchev–Trinajstić information content (AvgIpc) is 3.28. The molecule has 120 valence electrons. The highest BCUT2D eigenvalue weighted by Gasteiger charge is 2.28. The van der Waals surface area contributed by atoms with Crippen molar-refractivity contribution in [3.05, 3.63) is 24.3 Å². The van der Waals surface area contributed by atoms with Gasteiger partial charge in [-0.3, -0.25) is 4.79 Å². The van der Waals surface area contributed by atoms with Gasteiger partial charge in [0.25, 0.3) is 0 Å². The highest BCUT2D eigenvalue weighted by molar-refractivity contribution is 5.77. The van der Waals surface area contributed by atoms with E-state index in [-0.39, 0.29) is 11.9 Å². The molecule has 2 heterocycles. The van der Waals surface area contributed by atoms with E-state index in [0.717, 1.165) is 42.9 Å². The largest absolute Gasteiger partial charge is 0.380 e. The van der Waals surface area contributed by atoms with Crippen molar-refractivity contribution in [3.8, 4) is 11.4 Å². The molecule has 7 nitrogen and oxygen atoms in total. The second-order valence-corrected chi connectivity index (χ2v) is 6.41. The summed E-state index contributed by atoms with van der Waals surface area (Å²) in [5, 5.41) is 15.6. The average molecular weight is 312 g/mol. The van der Waals surface area contributed by atoms with Crippen LogP contribution in [-0.4, -0.2) is 50.6 Å². The van der Waals surface area contributed by atoms with Gasteiger partial charge in [0.15, 0.2) is 5.82 Å². The quantitative estimate of drug-likeness (QED) is 0.930. The first kappa shape index (κ1) is 14.2. The van der Waals surface area contributed by atoms with Crippen molar-refractivity contribution in [1.82, 2.24) is 25.1 Å². The summed E-state index contributed by atoms with van der Waals surface area (Å²) < 4.78 is 1.92. The predicted molar refractivity (Wildman–Crippen MR) is 85.8 cm³/mol. The number of amides is 1. The summed E-state index contributed by atoms with van der Waals surface area (Å²) in [6, 6.07) is 8.92. The standard InChI is InChI=1S/C16H20N6O/c1-21-10-13(5-8-15(21)23)17-12-4-2-3-11(9-12)16-18-19-20-22(16)14-6-7-14/h2-4,9,13-14,17H,5-8,10H2,1H3. The zero-order chi connectivity index (χ0) is 15.8. The minimum atomic E-state index is 0.223. The van der Waals surface area contributed by atoms with Gasteiger partial charge < -0.3 is 10.2 Å². The lowest BCUT2D eigenvalue weighted by Gasteiger charge is -2.30. The number of anilines is 1. The van der Waals surface area contributed by atoms with Gasteiger partial charge in [0, 0.05) is 37.3 Å². The minimum absolute atomic E-state index is 0.223. The lowest BCUT2D eigenvalue weighted by molar-refractivity contribution is -0.132. The number of carbonyl (C=O) groups is 1. The van der Waals surface area contributed by atoms with E-state index in [1.54, 1.807) is 4.90 Å². The molecule has 1 N–H and O–H groups in total. The molecule has 2 aromatic rings.